The molecular weight excluding hydrogens is 146 g/mol. The van der Waals surface area contributed by atoms with E-state index in [9.17, 15) is 4.79 Å². The summed E-state index contributed by atoms with van der Waals surface area (Å²) in [5, 5.41) is 0. The van der Waals surface area contributed by atoms with Crippen molar-refractivity contribution in [2.75, 3.05) is 0 Å². The number of carbonyl (C=O) groups excluding carboxylic acids is 1. The normalized spacial score (nSPS) is 13.3. The third-order valence-electron chi connectivity index (χ3n) is 1.44. The van der Waals surface area contributed by atoms with Gasteiger partial charge in [-0.2, -0.15) is 0 Å². The van der Waals surface area contributed by atoms with E-state index in [2.05, 4.69) is 0 Å². The Bertz CT molecular complexity index is 108. The summed E-state index contributed by atoms with van der Waals surface area (Å²) in [7, 11) is 0.770. The minimum absolute atomic E-state index is 0.222. The van der Waals surface area contributed by atoms with Crippen molar-refractivity contribution in [2.45, 2.75) is 32.3 Å². The Labute approximate surface area is 64.5 Å². The summed E-state index contributed by atoms with van der Waals surface area (Å²) in [6.07, 6.45) is 2.56. The molecule has 0 aromatic carbocycles. The Morgan fingerprint density at radius 1 is 1.80 bits per heavy atom. The van der Waals surface area contributed by atoms with E-state index in [1.807, 2.05) is 6.92 Å². The molecule has 1 amide bonds. The van der Waals surface area contributed by atoms with Crippen LogP contribution in [0.15, 0.2) is 0 Å². The minimum atomic E-state index is -0.222. The summed E-state index contributed by atoms with van der Waals surface area (Å²) in [5.74, 6) is -0.222. The molecule has 4 heteroatoms. The highest BCUT2D eigenvalue weighted by atomic mass is 28.2. The summed E-state index contributed by atoms with van der Waals surface area (Å²) in [6, 6.07) is 0. The predicted octanol–water partition coefficient (Wildman–Crippen LogP) is -0.673. The van der Waals surface area contributed by atoms with Crippen molar-refractivity contribution >= 4 is 16.4 Å². The molecular formula is C6H15NO2Si. The van der Waals surface area contributed by atoms with E-state index >= 15 is 0 Å². The molecule has 2 N–H and O–H groups in total. The lowest BCUT2D eigenvalue weighted by molar-refractivity contribution is -0.118. The van der Waals surface area contributed by atoms with Gasteiger partial charge in [0.2, 0.25) is 5.91 Å². The molecule has 0 aliphatic rings. The first kappa shape index (κ1) is 9.65. The van der Waals surface area contributed by atoms with E-state index in [1.165, 1.54) is 0 Å². The molecule has 0 fully saturated rings. The van der Waals surface area contributed by atoms with Crippen LogP contribution in [0.2, 0.25) is 0 Å². The first-order valence-corrected chi connectivity index (χ1v) is 4.29. The summed E-state index contributed by atoms with van der Waals surface area (Å²) in [6.45, 7) is 2.01. The van der Waals surface area contributed by atoms with Crippen molar-refractivity contribution in [3.05, 3.63) is 0 Å². The molecule has 0 spiro atoms. The fourth-order valence-electron chi connectivity index (χ4n) is 0.682. The number of hydrogen-bond donors (Lipinski definition) is 1. The highest BCUT2D eigenvalue weighted by molar-refractivity contribution is 5.98. The van der Waals surface area contributed by atoms with E-state index in [0.717, 1.165) is 23.3 Å². The number of carbonyl (C=O) groups is 1. The fourth-order valence-corrected chi connectivity index (χ4v) is 0.917. The van der Waals surface area contributed by atoms with Gasteiger partial charge in [0.15, 0.2) is 0 Å². The Hall–Kier alpha value is -0.353. The molecule has 0 aromatic heterocycles. The Morgan fingerprint density at radius 2 is 2.40 bits per heavy atom. The van der Waals surface area contributed by atoms with Gasteiger partial charge < -0.3 is 10.2 Å². The zero-order chi connectivity index (χ0) is 7.98. The zero-order valence-electron chi connectivity index (χ0n) is 6.59. The largest absolute Gasteiger partial charge is 0.425 e. The van der Waals surface area contributed by atoms with Crippen molar-refractivity contribution in [1.82, 2.24) is 0 Å². The molecule has 3 nitrogen and oxygen atoms in total. The van der Waals surface area contributed by atoms with Gasteiger partial charge in [0.05, 0.1) is 0 Å². The van der Waals surface area contributed by atoms with Gasteiger partial charge in [-0.1, -0.05) is 0 Å². The lowest BCUT2D eigenvalue weighted by atomic mass is 10.2. The number of rotatable bonds is 5. The van der Waals surface area contributed by atoms with Crippen LogP contribution in [-0.4, -0.2) is 22.5 Å². The molecule has 1 unspecified atom stereocenters. The minimum Gasteiger partial charge on any atom is -0.425 e. The summed E-state index contributed by atoms with van der Waals surface area (Å²) in [5.41, 5.74) is 4.95. The second kappa shape index (κ2) is 5.43. The lowest BCUT2D eigenvalue weighted by Crippen LogP contribution is -2.12. The van der Waals surface area contributed by atoms with Crippen LogP contribution >= 0.6 is 0 Å². The molecule has 0 radical (unpaired) electrons. The third-order valence-corrected chi connectivity index (χ3v) is 2.24. The second-order valence-corrected chi connectivity index (χ2v) is 2.88. The SMILES string of the molecule is CC(CCCC(N)=O)O[SiH3]. The molecule has 0 heterocycles. The van der Waals surface area contributed by atoms with Gasteiger partial charge >= 0.3 is 0 Å². The van der Waals surface area contributed by atoms with Crippen LogP contribution in [0, 0.1) is 0 Å². The summed E-state index contributed by atoms with van der Waals surface area (Å²) < 4.78 is 5.12. The van der Waals surface area contributed by atoms with Gasteiger partial charge in [0.25, 0.3) is 0 Å². The van der Waals surface area contributed by atoms with Crippen molar-refractivity contribution in [1.29, 1.82) is 0 Å². The van der Waals surface area contributed by atoms with Crippen LogP contribution in [-0.2, 0) is 9.22 Å². The maximum absolute atomic E-state index is 10.3. The monoisotopic (exact) mass is 161 g/mol. The van der Waals surface area contributed by atoms with Crippen LogP contribution in [0.4, 0.5) is 0 Å². The third kappa shape index (κ3) is 5.78. The van der Waals surface area contributed by atoms with Crippen molar-refractivity contribution < 1.29 is 9.22 Å². The molecule has 0 rings (SSSR count). The molecule has 0 aliphatic carbocycles. The van der Waals surface area contributed by atoms with Crippen LogP contribution < -0.4 is 5.73 Å². The number of amides is 1. The molecule has 0 saturated carbocycles. The highest BCUT2D eigenvalue weighted by Gasteiger charge is 1.99. The van der Waals surface area contributed by atoms with Gasteiger partial charge in [-0.15, -0.1) is 0 Å². The first-order valence-electron chi connectivity index (χ1n) is 3.48. The van der Waals surface area contributed by atoms with Crippen molar-refractivity contribution in [3.8, 4) is 0 Å². The van der Waals surface area contributed by atoms with Crippen LogP contribution in [0.3, 0.4) is 0 Å². The Balaban J connectivity index is 3.11. The second-order valence-electron chi connectivity index (χ2n) is 2.40. The van der Waals surface area contributed by atoms with Crippen molar-refractivity contribution in [3.63, 3.8) is 0 Å². The molecule has 60 valence electrons. The highest BCUT2D eigenvalue weighted by Crippen LogP contribution is 2.01. The zero-order valence-corrected chi connectivity index (χ0v) is 8.59. The maximum atomic E-state index is 10.3. The van der Waals surface area contributed by atoms with Gasteiger partial charge in [-0.05, 0) is 19.8 Å². The average molecular weight is 161 g/mol. The molecule has 10 heavy (non-hydrogen) atoms. The maximum Gasteiger partial charge on any atom is 0.217 e. The van der Waals surface area contributed by atoms with Crippen LogP contribution in [0.5, 0.6) is 0 Å². The van der Waals surface area contributed by atoms with Crippen molar-refractivity contribution in [2.24, 2.45) is 5.73 Å². The van der Waals surface area contributed by atoms with E-state index in [1.54, 1.807) is 0 Å². The first-order chi connectivity index (χ1) is 4.66. The number of nitrogens with two attached hydrogens (primary N) is 1. The molecule has 1 atom stereocenters. The lowest BCUT2D eigenvalue weighted by Gasteiger charge is -2.07. The van der Waals surface area contributed by atoms with E-state index in [0.29, 0.717) is 12.5 Å². The molecule has 0 aliphatic heterocycles. The van der Waals surface area contributed by atoms with Crippen LogP contribution in [0.1, 0.15) is 26.2 Å². The average Bonchev–Trinajstić information content (AvgIpc) is 1.87. The Morgan fingerprint density at radius 3 is 2.80 bits per heavy atom. The van der Waals surface area contributed by atoms with Gasteiger partial charge in [-0.25, -0.2) is 0 Å². The predicted molar refractivity (Wildman–Crippen MR) is 43.5 cm³/mol. The van der Waals surface area contributed by atoms with Gasteiger partial charge in [-0.3, -0.25) is 4.79 Å². The van der Waals surface area contributed by atoms with Gasteiger partial charge in [0, 0.05) is 12.5 Å². The van der Waals surface area contributed by atoms with E-state index in [4.69, 9.17) is 10.2 Å². The summed E-state index contributed by atoms with van der Waals surface area (Å²) >= 11 is 0. The number of primary amides is 1. The van der Waals surface area contributed by atoms with Gasteiger partial charge in [0.1, 0.15) is 10.5 Å². The quantitative estimate of drug-likeness (QED) is 0.544. The molecule has 0 aromatic rings. The smallest absolute Gasteiger partial charge is 0.217 e. The fraction of sp³-hybridized carbons (Fsp3) is 0.833. The van der Waals surface area contributed by atoms with Crippen LogP contribution in [0.25, 0.3) is 0 Å². The summed E-state index contributed by atoms with van der Waals surface area (Å²) in [4.78, 5) is 10.3. The Kier molecular flexibility index (Phi) is 5.24. The standard InChI is InChI=1S/C6H15NO2Si/c1-5(9-10)3-2-4-6(7)8/h5H,2-4H2,1,10H3,(H2,7,8). The topological polar surface area (TPSA) is 52.3 Å². The van der Waals surface area contributed by atoms with E-state index in [-0.39, 0.29) is 5.91 Å². The molecule has 0 saturated heterocycles. The van der Waals surface area contributed by atoms with E-state index < -0.39 is 0 Å². The number of hydrogen-bond acceptors (Lipinski definition) is 2. The molecule has 0 bridgehead atoms.